The number of hydrogen-bond acceptors (Lipinski definition) is 2. The lowest BCUT2D eigenvalue weighted by atomic mass is 10.2. The molecule has 3 nitrogen and oxygen atoms in total. The minimum atomic E-state index is 0.113. The minimum Gasteiger partial charge on any atom is -0.326 e. The van der Waals surface area contributed by atoms with E-state index in [2.05, 4.69) is 16.6 Å². The Morgan fingerprint density at radius 3 is 2.78 bits per heavy atom. The van der Waals surface area contributed by atoms with Crippen LogP contribution in [0.15, 0.2) is 24.3 Å². The van der Waals surface area contributed by atoms with Gasteiger partial charge in [-0.2, -0.15) is 0 Å². The Kier molecular flexibility index (Phi) is 4.76. The average Bonchev–Trinajstić information content (AvgIpc) is 2.85. The first kappa shape index (κ1) is 13.1. The van der Waals surface area contributed by atoms with Crippen LogP contribution < -0.4 is 5.32 Å². The van der Waals surface area contributed by atoms with Gasteiger partial charge in [-0.1, -0.05) is 17.7 Å². The molecule has 2 rings (SSSR count). The first-order chi connectivity index (χ1) is 8.74. The van der Waals surface area contributed by atoms with E-state index in [4.69, 9.17) is 0 Å². The van der Waals surface area contributed by atoms with Gasteiger partial charge in [0.2, 0.25) is 5.91 Å². The molecule has 1 aromatic carbocycles. The van der Waals surface area contributed by atoms with Gasteiger partial charge in [0.15, 0.2) is 0 Å². The number of anilines is 1. The summed E-state index contributed by atoms with van der Waals surface area (Å²) in [5, 5.41) is 2.93. The van der Waals surface area contributed by atoms with Crippen LogP contribution in [-0.4, -0.2) is 30.4 Å². The molecule has 97 valence electrons. The molecule has 3 heteroatoms. The van der Waals surface area contributed by atoms with Crippen LogP contribution in [-0.2, 0) is 4.79 Å². The zero-order valence-electron chi connectivity index (χ0n) is 11.0. The molecule has 0 bridgehead atoms. The van der Waals surface area contributed by atoms with Crippen LogP contribution in [0.5, 0.6) is 0 Å². The summed E-state index contributed by atoms with van der Waals surface area (Å²) < 4.78 is 0. The molecule has 1 radical (unpaired) electrons. The molecule has 0 aliphatic carbocycles. The number of carbonyl (C=O) groups excluding carboxylic acids is 1. The molecule has 0 atom stereocenters. The van der Waals surface area contributed by atoms with Crippen molar-refractivity contribution in [3.05, 3.63) is 36.2 Å². The predicted molar refractivity (Wildman–Crippen MR) is 74.4 cm³/mol. The van der Waals surface area contributed by atoms with E-state index in [1.807, 2.05) is 31.2 Å². The molecule has 1 aliphatic rings. The number of benzene rings is 1. The van der Waals surface area contributed by atoms with E-state index in [9.17, 15) is 4.79 Å². The van der Waals surface area contributed by atoms with Crippen molar-refractivity contribution in [1.82, 2.24) is 4.90 Å². The third-order valence-electron chi connectivity index (χ3n) is 3.25. The maximum Gasteiger partial charge on any atom is 0.224 e. The summed E-state index contributed by atoms with van der Waals surface area (Å²) in [5.74, 6) is 0.113. The monoisotopic (exact) mass is 245 g/mol. The van der Waals surface area contributed by atoms with Crippen molar-refractivity contribution >= 4 is 11.6 Å². The van der Waals surface area contributed by atoms with Gasteiger partial charge in [0.1, 0.15) is 0 Å². The highest BCUT2D eigenvalue weighted by Crippen LogP contribution is 2.10. The smallest absolute Gasteiger partial charge is 0.224 e. The van der Waals surface area contributed by atoms with Gasteiger partial charge in [-0.05, 0) is 51.4 Å². The number of nitrogens with zero attached hydrogens (tertiary/aromatic N) is 1. The molecule has 0 spiro atoms. The van der Waals surface area contributed by atoms with Crippen LogP contribution in [0, 0.1) is 13.3 Å². The van der Waals surface area contributed by atoms with Gasteiger partial charge in [-0.25, -0.2) is 0 Å². The quantitative estimate of drug-likeness (QED) is 0.865. The molecule has 1 saturated heterocycles. The van der Waals surface area contributed by atoms with Crippen LogP contribution in [0.2, 0.25) is 0 Å². The van der Waals surface area contributed by atoms with Gasteiger partial charge in [0.25, 0.3) is 0 Å². The predicted octanol–water partition coefficient (Wildman–Crippen LogP) is 2.62. The topological polar surface area (TPSA) is 32.3 Å². The summed E-state index contributed by atoms with van der Waals surface area (Å²) in [4.78, 5) is 14.1. The van der Waals surface area contributed by atoms with Gasteiger partial charge in [-0.3, -0.25) is 4.79 Å². The van der Waals surface area contributed by atoms with E-state index in [-0.39, 0.29) is 5.91 Å². The van der Waals surface area contributed by atoms with E-state index >= 15 is 0 Å². The van der Waals surface area contributed by atoms with Crippen LogP contribution in [0.3, 0.4) is 0 Å². The Labute approximate surface area is 109 Å². The van der Waals surface area contributed by atoms with Crippen molar-refractivity contribution in [2.24, 2.45) is 0 Å². The van der Waals surface area contributed by atoms with Crippen molar-refractivity contribution in [3.8, 4) is 0 Å². The second kappa shape index (κ2) is 6.55. The Morgan fingerprint density at radius 2 is 2.11 bits per heavy atom. The molecule has 1 N–H and O–H groups in total. The summed E-state index contributed by atoms with van der Waals surface area (Å²) in [5.41, 5.74) is 2.10. The van der Waals surface area contributed by atoms with Crippen molar-refractivity contribution in [2.45, 2.75) is 26.2 Å². The Balaban J connectivity index is 1.66. The second-order valence-electron chi connectivity index (χ2n) is 4.90. The van der Waals surface area contributed by atoms with Crippen molar-refractivity contribution in [1.29, 1.82) is 0 Å². The zero-order chi connectivity index (χ0) is 12.8. The van der Waals surface area contributed by atoms with Crippen LogP contribution in [0.25, 0.3) is 0 Å². The summed E-state index contributed by atoms with van der Waals surface area (Å²) >= 11 is 0. The number of nitrogens with one attached hydrogen (secondary N) is 1. The highest BCUT2D eigenvalue weighted by Gasteiger charge is 2.11. The average molecular weight is 245 g/mol. The highest BCUT2D eigenvalue weighted by atomic mass is 16.1. The second-order valence-corrected chi connectivity index (χ2v) is 4.90. The Bertz CT molecular complexity index is 380. The SMILES string of the molecule is Cc1ccc(NC(=O)CCCN2C[CH]CC2)cc1. The van der Waals surface area contributed by atoms with Crippen LogP contribution in [0.4, 0.5) is 5.69 Å². The normalized spacial score (nSPS) is 15.8. The van der Waals surface area contributed by atoms with Crippen molar-refractivity contribution in [2.75, 3.05) is 25.0 Å². The van der Waals surface area contributed by atoms with E-state index < -0.39 is 0 Å². The van der Waals surface area contributed by atoms with E-state index in [1.54, 1.807) is 0 Å². The Morgan fingerprint density at radius 1 is 1.33 bits per heavy atom. The van der Waals surface area contributed by atoms with Gasteiger partial charge < -0.3 is 10.2 Å². The summed E-state index contributed by atoms with van der Waals surface area (Å²) in [6.07, 6.45) is 5.03. The fourth-order valence-electron chi connectivity index (χ4n) is 2.17. The molecular weight excluding hydrogens is 224 g/mol. The van der Waals surface area contributed by atoms with Crippen molar-refractivity contribution in [3.63, 3.8) is 0 Å². The fourth-order valence-corrected chi connectivity index (χ4v) is 2.17. The number of aryl methyl sites for hydroxylation is 1. The lowest BCUT2D eigenvalue weighted by Crippen LogP contribution is -2.22. The molecule has 0 unspecified atom stereocenters. The minimum absolute atomic E-state index is 0.113. The molecular formula is C15H21N2O. The first-order valence-corrected chi connectivity index (χ1v) is 6.64. The maximum atomic E-state index is 11.7. The van der Waals surface area contributed by atoms with Gasteiger partial charge in [0, 0.05) is 18.7 Å². The molecule has 18 heavy (non-hydrogen) atoms. The number of rotatable bonds is 5. The van der Waals surface area contributed by atoms with Crippen molar-refractivity contribution < 1.29 is 4.79 Å². The first-order valence-electron chi connectivity index (χ1n) is 6.64. The third kappa shape index (κ3) is 4.15. The van der Waals surface area contributed by atoms with Gasteiger partial charge in [0.05, 0.1) is 0 Å². The molecule has 1 amide bonds. The molecule has 1 aliphatic heterocycles. The standard InChI is InChI=1S/C15H21N2O/c1-13-6-8-14(9-7-13)16-15(18)5-4-12-17-10-2-3-11-17/h2,6-9H,3-5,10-12H2,1H3,(H,16,18). The number of carbonyl (C=O) groups is 1. The van der Waals surface area contributed by atoms with E-state index in [1.165, 1.54) is 12.0 Å². The zero-order valence-corrected chi connectivity index (χ0v) is 11.0. The van der Waals surface area contributed by atoms with Crippen LogP contribution in [0.1, 0.15) is 24.8 Å². The van der Waals surface area contributed by atoms with E-state index in [0.29, 0.717) is 6.42 Å². The molecule has 1 heterocycles. The van der Waals surface area contributed by atoms with Gasteiger partial charge in [-0.15, -0.1) is 0 Å². The molecule has 0 aromatic heterocycles. The van der Waals surface area contributed by atoms with Crippen LogP contribution >= 0.6 is 0 Å². The summed E-state index contributed by atoms with van der Waals surface area (Å²) in [7, 11) is 0. The number of amides is 1. The number of likely N-dealkylation sites (tertiary alicyclic amines) is 1. The number of hydrogen-bond donors (Lipinski definition) is 1. The maximum absolute atomic E-state index is 11.7. The summed E-state index contributed by atoms with van der Waals surface area (Å²) in [6.45, 7) is 5.30. The largest absolute Gasteiger partial charge is 0.326 e. The molecule has 1 aromatic rings. The van der Waals surface area contributed by atoms with E-state index in [0.717, 1.165) is 31.7 Å². The third-order valence-corrected chi connectivity index (χ3v) is 3.25. The molecule has 1 fully saturated rings. The summed E-state index contributed by atoms with van der Waals surface area (Å²) in [6, 6.07) is 7.91. The Hall–Kier alpha value is -1.35. The molecule has 0 saturated carbocycles. The lowest BCUT2D eigenvalue weighted by molar-refractivity contribution is -0.116. The lowest BCUT2D eigenvalue weighted by Gasteiger charge is -2.13. The van der Waals surface area contributed by atoms with Gasteiger partial charge >= 0.3 is 0 Å². The highest BCUT2D eigenvalue weighted by molar-refractivity contribution is 5.90. The fraction of sp³-hybridized carbons (Fsp3) is 0.467.